The second-order valence-corrected chi connectivity index (χ2v) is 3.99. The number of carbonyl (C=O) groups is 1. The van der Waals surface area contributed by atoms with Gasteiger partial charge >= 0.3 is 0 Å². The second kappa shape index (κ2) is 2.79. The van der Waals surface area contributed by atoms with E-state index < -0.39 is 9.04 Å². The number of rotatable bonds is 1. The first kappa shape index (κ1) is 6.69. The van der Waals surface area contributed by atoms with E-state index in [0.717, 1.165) is 0 Å². The molecule has 3 heteroatoms. The maximum atomic E-state index is 10.1. The fourth-order valence-corrected chi connectivity index (χ4v) is 0.996. The predicted molar refractivity (Wildman–Crippen MR) is 30.6 cm³/mol. The maximum absolute atomic E-state index is 10.1. The van der Waals surface area contributed by atoms with Crippen LogP contribution >= 0.6 is 0 Å². The van der Waals surface area contributed by atoms with Crippen LogP contribution in [-0.4, -0.2) is 15.0 Å². The molecular formula is C4H10O2Si. The van der Waals surface area contributed by atoms with E-state index in [9.17, 15) is 4.79 Å². The van der Waals surface area contributed by atoms with E-state index >= 15 is 0 Å². The van der Waals surface area contributed by atoms with Crippen molar-refractivity contribution in [1.82, 2.24) is 0 Å². The van der Waals surface area contributed by atoms with Gasteiger partial charge in [-0.25, -0.2) is 0 Å². The third-order valence-corrected chi connectivity index (χ3v) is 1.20. The van der Waals surface area contributed by atoms with Crippen LogP contribution in [0.3, 0.4) is 0 Å². The Morgan fingerprint density at radius 3 is 2.00 bits per heavy atom. The van der Waals surface area contributed by atoms with Gasteiger partial charge in [0.2, 0.25) is 9.04 Å². The lowest BCUT2D eigenvalue weighted by atomic mass is 10.9. The summed E-state index contributed by atoms with van der Waals surface area (Å²) in [6.07, 6.45) is 0. The van der Waals surface area contributed by atoms with Crippen LogP contribution in [0.25, 0.3) is 0 Å². The molecule has 0 saturated carbocycles. The van der Waals surface area contributed by atoms with Gasteiger partial charge in [0.1, 0.15) is 0 Å². The van der Waals surface area contributed by atoms with Gasteiger partial charge in [0, 0.05) is 6.92 Å². The normalized spacial score (nSPS) is 9.14. The Morgan fingerprint density at radius 2 is 2.00 bits per heavy atom. The molecule has 0 fully saturated rings. The molecule has 0 spiro atoms. The number of hydrogen-bond donors (Lipinski definition) is 0. The van der Waals surface area contributed by atoms with Crippen LogP contribution in [0.2, 0.25) is 13.1 Å². The molecular weight excluding hydrogens is 108 g/mol. The molecule has 7 heavy (non-hydrogen) atoms. The van der Waals surface area contributed by atoms with Crippen LogP contribution in [0.5, 0.6) is 0 Å². The van der Waals surface area contributed by atoms with E-state index in [1.807, 2.05) is 13.1 Å². The molecule has 2 nitrogen and oxygen atoms in total. The Hall–Kier alpha value is -0.313. The molecule has 0 saturated heterocycles. The van der Waals surface area contributed by atoms with Crippen LogP contribution in [-0.2, 0) is 9.22 Å². The van der Waals surface area contributed by atoms with Crippen molar-refractivity contribution in [2.45, 2.75) is 20.0 Å². The number of carbonyl (C=O) groups excluding carboxylic acids is 1. The van der Waals surface area contributed by atoms with Gasteiger partial charge in [-0.3, -0.25) is 4.79 Å². The fourth-order valence-electron chi connectivity index (χ4n) is 0.332. The van der Waals surface area contributed by atoms with E-state index in [4.69, 9.17) is 4.43 Å². The van der Waals surface area contributed by atoms with Gasteiger partial charge < -0.3 is 4.43 Å². The predicted octanol–water partition coefficient (Wildman–Crippen LogP) is 0.533. The van der Waals surface area contributed by atoms with Crippen LogP contribution in [0.15, 0.2) is 0 Å². The Morgan fingerprint density at radius 1 is 1.57 bits per heavy atom. The van der Waals surface area contributed by atoms with Gasteiger partial charge in [0.25, 0.3) is 5.97 Å². The lowest BCUT2D eigenvalue weighted by Crippen LogP contribution is -2.11. The van der Waals surface area contributed by atoms with Crippen molar-refractivity contribution in [2.75, 3.05) is 0 Å². The van der Waals surface area contributed by atoms with Crippen molar-refractivity contribution in [1.29, 1.82) is 0 Å². The summed E-state index contributed by atoms with van der Waals surface area (Å²) in [6.45, 7) is 5.36. The highest BCUT2D eigenvalue weighted by Gasteiger charge is 1.96. The lowest BCUT2D eigenvalue weighted by molar-refractivity contribution is -0.132. The lowest BCUT2D eigenvalue weighted by Gasteiger charge is -2.00. The molecule has 0 rings (SSSR count). The molecule has 0 bridgehead atoms. The van der Waals surface area contributed by atoms with Gasteiger partial charge in [-0.1, -0.05) is 0 Å². The molecule has 0 heterocycles. The Balaban J connectivity index is 3.13. The summed E-state index contributed by atoms with van der Waals surface area (Å²) in [7, 11) is -1.08. The molecule has 0 aliphatic carbocycles. The zero-order valence-corrected chi connectivity index (χ0v) is 6.05. The second-order valence-electron chi connectivity index (χ2n) is 1.66. The minimum Gasteiger partial charge on any atom is -0.523 e. The van der Waals surface area contributed by atoms with Crippen molar-refractivity contribution in [3.05, 3.63) is 0 Å². The van der Waals surface area contributed by atoms with Crippen molar-refractivity contribution in [3.8, 4) is 0 Å². The monoisotopic (exact) mass is 118 g/mol. The third-order valence-electron chi connectivity index (χ3n) is 0.402. The van der Waals surface area contributed by atoms with E-state index in [-0.39, 0.29) is 5.97 Å². The highest BCUT2D eigenvalue weighted by Crippen LogP contribution is 1.81. The first-order valence-corrected chi connectivity index (χ1v) is 5.08. The first-order chi connectivity index (χ1) is 3.13. The minimum absolute atomic E-state index is 0.151. The van der Waals surface area contributed by atoms with Crippen molar-refractivity contribution < 1.29 is 9.22 Å². The van der Waals surface area contributed by atoms with Crippen molar-refractivity contribution >= 4 is 15.0 Å². The van der Waals surface area contributed by atoms with E-state index in [1.54, 1.807) is 0 Å². The SMILES string of the molecule is CC(=O)O[SiH](C)C. The molecule has 0 unspecified atom stereocenters. The zero-order chi connectivity index (χ0) is 5.86. The van der Waals surface area contributed by atoms with Crippen LogP contribution in [0, 0.1) is 0 Å². The first-order valence-electron chi connectivity index (χ1n) is 2.30. The Kier molecular flexibility index (Phi) is 2.67. The molecule has 0 aromatic rings. The van der Waals surface area contributed by atoms with Crippen LogP contribution in [0.4, 0.5) is 0 Å². The molecule has 0 amide bonds. The van der Waals surface area contributed by atoms with E-state index in [0.29, 0.717) is 0 Å². The van der Waals surface area contributed by atoms with Gasteiger partial charge in [-0.15, -0.1) is 0 Å². The fraction of sp³-hybridized carbons (Fsp3) is 0.750. The average Bonchev–Trinajstić information content (AvgIpc) is 1.27. The Labute approximate surface area is 45.2 Å². The topological polar surface area (TPSA) is 26.3 Å². The molecule has 0 atom stereocenters. The van der Waals surface area contributed by atoms with E-state index in [1.165, 1.54) is 6.92 Å². The molecule has 0 N–H and O–H groups in total. The smallest absolute Gasteiger partial charge is 0.289 e. The minimum atomic E-state index is -1.08. The quantitative estimate of drug-likeness (QED) is 0.469. The summed E-state index contributed by atoms with van der Waals surface area (Å²) in [5, 5.41) is 0. The average molecular weight is 118 g/mol. The summed E-state index contributed by atoms with van der Waals surface area (Å²) in [5.74, 6) is -0.151. The largest absolute Gasteiger partial charge is 0.523 e. The highest BCUT2D eigenvalue weighted by molar-refractivity contribution is 6.50. The summed E-state index contributed by atoms with van der Waals surface area (Å²) >= 11 is 0. The summed E-state index contributed by atoms with van der Waals surface area (Å²) < 4.78 is 4.75. The molecule has 0 aliphatic heterocycles. The molecule has 0 aromatic carbocycles. The molecule has 42 valence electrons. The van der Waals surface area contributed by atoms with Crippen LogP contribution < -0.4 is 0 Å². The third kappa shape index (κ3) is 5.69. The standard InChI is InChI=1S/C4H10O2Si/c1-4(5)6-7(2)3/h7H,1-3H3. The Bertz CT molecular complexity index is 70.1. The summed E-state index contributed by atoms with van der Waals surface area (Å²) in [5.41, 5.74) is 0. The molecule has 0 aliphatic rings. The van der Waals surface area contributed by atoms with Gasteiger partial charge in [-0.2, -0.15) is 0 Å². The van der Waals surface area contributed by atoms with Gasteiger partial charge in [0.15, 0.2) is 0 Å². The maximum Gasteiger partial charge on any atom is 0.289 e. The summed E-state index contributed by atoms with van der Waals surface area (Å²) in [6, 6.07) is 0. The van der Waals surface area contributed by atoms with E-state index in [2.05, 4.69) is 0 Å². The number of hydrogen-bond acceptors (Lipinski definition) is 2. The summed E-state index contributed by atoms with van der Waals surface area (Å²) in [4.78, 5) is 10.1. The van der Waals surface area contributed by atoms with Crippen LogP contribution in [0.1, 0.15) is 6.92 Å². The van der Waals surface area contributed by atoms with Gasteiger partial charge in [-0.05, 0) is 13.1 Å². The van der Waals surface area contributed by atoms with Crippen molar-refractivity contribution in [3.63, 3.8) is 0 Å². The van der Waals surface area contributed by atoms with Gasteiger partial charge in [0.05, 0.1) is 0 Å². The van der Waals surface area contributed by atoms with Crippen molar-refractivity contribution in [2.24, 2.45) is 0 Å². The molecule has 0 aromatic heterocycles. The highest BCUT2D eigenvalue weighted by atomic mass is 28.3. The molecule has 0 radical (unpaired) electrons. The zero-order valence-electron chi connectivity index (χ0n) is 4.89.